The van der Waals surface area contributed by atoms with Crippen molar-refractivity contribution in [1.29, 1.82) is 0 Å². The van der Waals surface area contributed by atoms with Gasteiger partial charge in [-0.15, -0.1) is 0 Å². The number of hydrogen-bond acceptors (Lipinski definition) is 5. The summed E-state index contributed by atoms with van der Waals surface area (Å²) in [7, 11) is 0. The van der Waals surface area contributed by atoms with Crippen molar-refractivity contribution in [3.63, 3.8) is 0 Å². The van der Waals surface area contributed by atoms with Crippen molar-refractivity contribution in [3.8, 4) is 0 Å². The summed E-state index contributed by atoms with van der Waals surface area (Å²) >= 11 is 0. The summed E-state index contributed by atoms with van der Waals surface area (Å²) in [5.74, 6) is -0.418. The first kappa shape index (κ1) is 20.1. The molecule has 5 rings (SSSR count). The maximum Gasteiger partial charge on any atom is 0.263 e. The Labute approximate surface area is 184 Å². The first-order valence-corrected chi connectivity index (χ1v) is 10.7. The number of carbonyl (C=O) groups is 2. The highest BCUT2D eigenvalue weighted by Gasteiger charge is 2.32. The molecule has 8 heteroatoms. The molecular weight excluding hydrogens is 406 g/mol. The second-order valence-electron chi connectivity index (χ2n) is 8.26. The third-order valence-electron chi connectivity index (χ3n) is 5.96. The summed E-state index contributed by atoms with van der Waals surface area (Å²) in [6.45, 7) is 0.864. The quantitative estimate of drug-likeness (QED) is 0.672. The van der Waals surface area contributed by atoms with Crippen LogP contribution in [0.15, 0.2) is 60.0 Å². The largest absolute Gasteiger partial charge is 0.338 e. The van der Waals surface area contributed by atoms with Gasteiger partial charge in [0, 0.05) is 25.3 Å². The average Bonchev–Trinajstić information content (AvgIpc) is 3.65. The van der Waals surface area contributed by atoms with E-state index in [2.05, 4.69) is 15.3 Å². The van der Waals surface area contributed by atoms with Crippen LogP contribution in [0, 0.1) is 0 Å². The summed E-state index contributed by atoms with van der Waals surface area (Å²) in [4.78, 5) is 48.8. The normalized spacial score (nSPS) is 15.2. The summed E-state index contributed by atoms with van der Waals surface area (Å²) in [6, 6.07) is 9.77. The lowest BCUT2D eigenvalue weighted by molar-refractivity contribution is -0.131. The van der Waals surface area contributed by atoms with Gasteiger partial charge in [0.2, 0.25) is 5.91 Å². The van der Waals surface area contributed by atoms with Crippen LogP contribution in [0.2, 0.25) is 0 Å². The van der Waals surface area contributed by atoms with Crippen molar-refractivity contribution in [1.82, 2.24) is 19.4 Å². The minimum atomic E-state index is -0.458. The van der Waals surface area contributed by atoms with Crippen molar-refractivity contribution in [2.75, 3.05) is 11.9 Å². The van der Waals surface area contributed by atoms with Crippen LogP contribution < -0.4 is 10.9 Å². The Balaban J connectivity index is 1.45. The van der Waals surface area contributed by atoms with Crippen molar-refractivity contribution in [3.05, 3.63) is 87.9 Å². The van der Waals surface area contributed by atoms with Crippen LogP contribution in [0.25, 0.3) is 0 Å². The van der Waals surface area contributed by atoms with Gasteiger partial charge >= 0.3 is 0 Å². The monoisotopic (exact) mass is 429 g/mol. The minimum absolute atomic E-state index is 0.0402. The minimum Gasteiger partial charge on any atom is -0.338 e. The number of benzene rings is 1. The Hall–Kier alpha value is -3.81. The van der Waals surface area contributed by atoms with E-state index in [1.54, 1.807) is 4.57 Å². The van der Waals surface area contributed by atoms with E-state index in [0.29, 0.717) is 31.6 Å². The van der Waals surface area contributed by atoms with E-state index in [9.17, 15) is 14.4 Å². The molecule has 2 amide bonds. The fourth-order valence-corrected chi connectivity index (χ4v) is 4.19. The van der Waals surface area contributed by atoms with Crippen LogP contribution in [0.3, 0.4) is 0 Å². The number of nitrogens with one attached hydrogen (secondary N) is 1. The zero-order chi connectivity index (χ0) is 22.1. The van der Waals surface area contributed by atoms with Crippen molar-refractivity contribution in [2.45, 2.75) is 38.3 Å². The Morgan fingerprint density at radius 3 is 2.56 bits per heavy atom. The average molecular weight is 429 g/mol. The van der Waals surface area contributed by atoms with Gasteiger partial charge in [-0.25, -0.2) is 9.97 Å². The zero-order valence-corrected chi connectivity index (χ0v) is 17.5. The van der Waals surface area contributed by atoms with Crippen LogP contribution in [-0.2, 0) is 24.2 Å². The van der Waals surface area contributed by atoms with Crippen molar-refractivity contribution >= 4 is 17.5 Å². The molecule has 1 aliphatic heterocycles. The third-order valence-corrected chi connectivity index (χ3v) is 5.96. The highest BCUT2D eigenvalue weighted by molar-refractivity contribution is 6.05. The van der Waals surface area contributed by atoms with Gasteiger partial charge in [-0.1, -0.05) is 30.3 Å². The van der Waals surface area contributed by atoms with Gasteiger partial charge in [0.15, 0.2) is 0 Å². The van der Waals surface area contributed by atoms with Crippen LogP contribution >= 0.6 is 0 Å². The molecular formula is C24H23N5O3. The number of rotatable bonds is 5. The highest BCUT2D eigenvalue weighted by atomic mass is 16.2. The molecule has 32 heavy (non-hydrogen) atoms. The summed E-state index contributed by atoms with van der Waals surface area (Å²) in [6.07, 6.45) is 8.84. The smallest absolute Gasteiger partial charge is 0.263 e. The molecule has 1 aliphatic carbocycles. The molecule has 1 N–H and O–H groups in total. The van der Waals surface area contributed by atoms with Crippen molar-refractivity contribution < 1.29 is 9.59 Å². The maximum absolute atomic E-state index is 13.2. The van der Waals surface area contributed by atoms with Crippen LogP contribution in [0.4, 0.5) is 5.69 Å². The van der Waals surface area contributed by atoms with Gasteiger partial charge < -0.3 is 14.8 Å². The number of carbonyl (C=O) groups excluding carboxylic acids is 2. The molecule has 1 fully saturated rings. The summed E-state index contributed by atoms with van der Waals surface area (Å²) in [5.41, 5.74) is 2.88. The van der Waals surface area contributed by atoms with Gasteiger partial charge in [-0.2, -0.15) is 0 Å². The van der Waals surface area contributed by atoms with Gasteiger partial charge in [0.1, 0.15) is 11.9 Å². The molecule has 2 aliphatic rings. The molecule has 3 heterocycles. The first-order chi connectivity index (χ1) is 15.6. The fourth-order valence-electron chi connectivity index (χ4n) is 4.19. The lowest BCUT2D eigenvalue weighted by Crippen LogP contribution is -2.40. The molecule has 0 bridgehead atoms. The van der Waals surface area contributed by atoms with Gasteiger partial charge in [0.25, 0.3) is 11.5 Å². The van der Waals surface area contributed by atoms with Gasteiger partial charge in [-0.3, -0.25) is 14.4 Å². The zero-order valence-electron chi connectivity index (χ0n) is 17.5. The number of aromatic nitrogens is 3. The number of fused-ring (bicyclic) bond motifs is 1. The lowest BCUT2D eigenvalue weighted by Gasteiger charge is -2.30. The third kappa shape index (κ3) is 4.03. The van der Waals surface area contributed by atoms with E-state index in [4.69, 9.17) is 0 Å². The Morgan fingerprint density at radius 1 is 1.09 bits per heavy atom. The van der Waals surface area contributed by atoms with E-state index in [1.165, 1.54) is 18.7 Å². The molecule has 0 unspecified atom stereocenters. The molecule has 8 nitrogen and oxygen atoms in total. The topological polar surface area (TPSA) is 97.2 Å². The van der Waals surface area contributed by atoms with E-state index in [0.717, 1.165) is 29.5 Å². The molecule has 1 saturated carbocycles. The van der Waals surface area contributed by atoms with Crippen molar-refractivity contribution in [2.24, 2.45) is 0 Å². The molecule has 0 radical (unpaired) electrons. The van der Waals surface area contributed by atoms with Gasteiger partial charge in [0.05, 0.1) is 24.5 Å². The Morgan fingerprint density at radius 2 is 1.84 bits per heavy atom. The van der Waals surface area contributed by atoms with Crippen LogP contribution in [0.1, 0.15) is 45.9 Å². The molecule has 3 aromatic rings. The first-order valence-electron chi connectivity index (χ1n) is 10.7. The second-order valence-corrected chi connectivity index (χ2v) is 8.26. The second kappa shape index (κ2) is 8.37. The number of hydrogen-bond donors (Lipinski definition) is 1. The number of amides is 2. The summed E-state index contributed by atoms with van der Waals surface area (Å²) < 4.78 is 1.67. The molecule has 0 saturated heterocycles. The number of pyridine rings is 1. The SMILES string of the molecule is O=C(Nc1cncnc1)c1c2c(cn(C3CC3)c1=O)CN(C(=O)Cc1ccccc1)CC2. The molecule has 2 aromatic heterocycles. The number of anilines is 1. The lowest BCUT2D eigenvalue weighted by atomic mass is 9.95. The van der Waals surface area contributed by atoms with E-state index in [1.807, 2.05) is 41.4 Å². The molecule has 1 aromatic carbocycles. The predicted octanol–water partition coefficient (Wildman–Crippen LogP) is 2.35. The van der Waals surface area contributed by atoms with Crippen LogP contribution in [-0.4, -0.2) is 37.8 Å². The maximum atomic E-state index is 13.2. The van der Waals surface area contributed by atoms with Gasteiger partial charge in [-0.05, 0) is 36.0 Å². The Kier molecular flexibility index (Phi) is 5.26. The van der Waals surface area contributed by atoms with E-state index in [-0.39, 0.29) is 23.1 Å². The molecule has 162 valence electrons. The predicted molar refractivity (Wildman–Crippen MR) is 118 cm³/mol. The van der Waals surface area contributed by atoms with Crippen LogP contribution in [0.5, 0.6) is 0 Å². The highest BCUT2D eigenvalue weighted by Crippen LogP contribution is 2.35. The molecule has 0 atom stereocenters. The number of nitrogens with zero attached hydrogens (tertiary/aromatic N) is 4. The fraction of sp³-hybridized carbons (Fsp3) is 0.292. The molecule has 0 spiro atoms. The summed E-state index contributed by atoms with van der Waals surface area (Å²) in [5, 5.41) is 2.74. The standard InChI is InChI=1S/C24H23N5O3/c30-21(10-16-4-2-1-3-5-16)28-9-8-20-17(13-28)14-29(19-6-7-19)24(32)22(20)23(31)27-18-11-25-15-26-12-18/h1-5,11-12,14-15,19H,6-10,13H2,(H,27,31). The van der Waals surface area contributed by atoms with E-state index >= 15 is 0 Å². The van der Waals surface area contributed by atoms with E-state index < -0.39 is 5.91 Å². The Bertz CT molecular complexity index is 1220.